The van der Waals surface area contributed by atoms with Crippen LogP contribution in [0.5, 0.6) is 5.75 Å². The quantitative estimate of drug-likeness (QED) is 0.239. The second-order valence-corrected chi connectivity index (χ2v) is 12.4. The molecule has 0 radical (unpaired) electrons. The van der Waals surface area contributed by atoms with E-state index in [0.29, 0.717) is 31.1 Å². The predicted molar refractivity (Wildman–Crippen MR) is 158 cm³/mol. The first kappa shape index (κ1) is 29.3. The molecule has 3 aromatic carbocycles. The van der Waals surface area contributed by atoms with Crippen LogP contribution in [0.15, 0.2) is 77.7 Å². The molecule has 212 valence electrons. The molecule has 1 unspecified atom stereocenters. The summed E-state index contributed by atoms with van der Waals surface area (Å²) < 4.78 is 32.7. The van der Waals surface area contributed by atoms with E-state index < -0.39 is 15.8 Å². The molecule has 0 bridgehead atoms. The lowest BCUT2D eigenvalue weighted by atomic mass is 9.92. The normalized spacial score (nSPS) is 15.0. The monoisotopic (exact) mass is 562 g/mol. The molecule has 1 saturated heterocycles. The number of sulfone groups is 1. The zero-order valence-corrected chi connectivity index (χ0v) is 23.7. The molecule has 8 nitrogen and oxygen atoms in total. The summed E-state index contributed by atoms with van der Waals surface area (Å²) in [4.78, 5) is 15.8. The van der Waals surface area contributed by atoms with E-state index in [1.54, 1.807) is 48.4 Å². The summed E-state index contributed by atoms with van der Waals surface area (Å²) in [6.07, 6.45) is 2.90. The third-order valence-electron chi connectivity index (χ3n) is 7.61. The van der Waals surface area contributed by atoms with Crippen LogP contribution in [0.25, 0.3) is 11.1 Å². The first-order valence-electron chi connectivity index (χ1n) is 13.6. The van der Waals surface area contributed by atoms with E-state index >= 15 is 0 Å². The van der Waals surface area contributed by atoms with Crippen LogP contribution in [-0.4, -0.2) is 57.6 Å². The summed E-state index contributed by atoms with van der Waals surface area (Å²) in [5.41, 5.74) is 14.4. The molecule has 3 aromatic rings. The number of hydrogen-bond donors (Lipinski definition) is 3. The second kappa shape index (κ2) is 13.1. The van der Waals surface area contributed by atoms with Gasteiger partial charge in [0.1, 0.15) is 11.6 Å². The molecular formula is C31H38N4O4S. The molecule has 0 spiro atoms. The van der Waals surface area contributed by atoms with Crippen LogP contribution >= 0.6 is 0 Å². The zero-order chi connectivity index (χ0) is 28.7. The Kier molecular flexibility index (Phi) is 9.60. The average Bonchev–Trinajstić information content (AvgIpc) is 2.97. The highest BCUT2D eigenvalue weighted by Crippen LogP contribution is 2.28. The number of nitrogens with one attached hydrogen (secondary N) is 1. The van der Waals surface area contributed by atoms with Gasteiger partial charge in [-0.25, -0.2) is 8.42 Å². The Balaban J connectivity index is 1.60. The average molecular weight is 563 g/mol. The van der Waals surface area contributed by atoms with Gasteiger partial charge in [0.05, 0.1) is 23.7 Å². The Bertz CT molecular complexity index is 1430. The van der Waals surface area contributed by atoms with Gasteiger partial charge in [-0.3, -0.25) is 10.2 Å². The smallest absolute Gasteiger partial charge is 0.227 e. The number of hydrogen-bond acceptors (Lipinski definition) is 6. The van der Waals surface area contributed by atoms with Gasteiger partial charge in [-0.2, -0.15) is 0 Å². The topological polar surface area (TPSA) is 140 Å². The Morgan fingerprint density at radius 1 is 1.02 bits per heavy atom. The van der Waals surface area contributed by atoms with E-state index in [-0.39, 0.29) is 28.8 Å². The number of rotatable bonds is 11. The summed E-state index contributed by atoms with van der Waals surface area (Å²) in [6.45, 7) is 1.82. The molecule has 9 heteroatoms. The van der Waals surface area contributed by atoms with Crippen LogP contribution in [0.4, 0.5) is 0 Å². The van der Waals surface area contributed by atoms with Crippen LogP contribution < -0.4 is 16.2 Å². The summed E-state index contributed by atoms with van der Waals surface area (Å²) in [6, 6.07) is 21.4. The molecule has 1 aliphatic heterocycles. The summed E-state index contributed by atoms with van der Waals surface area (Å²) in [5, 5.41) is 7.77. The molecule has 0 aliphatic carbocycles. The van der Waals surface area contributed by atoms with Crippen LogP contribution in [0, 0.1) is 17.2 Å². The maximum absolute atomic E-state index is 13.8. The predicted octanol–water partition coefficient (Wildman–Crippen LogP) is 3.87. The fourth-order valence-electron chi connectivity index (χ4n) is 5.32. The number of carbonyl (C=O) groups excluding carboxylic acids is 1. The largest absolute Gasteiger partial charge is 0.497 e. The van der Waals surface area contributed by atoms with Crippen LogP contribution in [0.2, 0.25) is 0 Å². The number of carbonyl (C=O) groups is 1. The van der Waals surface area contributed by atoms with E-state index in [4.69, 9.17) is 21.6 Å². The number of nitrogens with two attached hydrogens (primary N) is 2. The maximum atomic E-state index is 13.8. The van der Waals surface area contributed by atoms with Crippen molar-refractivity contribution >= 4 is 21.6 Å². The van der Waals surface area contributed by atoms with Crippen molar-refractivity contribution in [1.29, 1.82) is 5.41 Å². The third-order valence-corrected chi connectivity index (χ3v) is 9.42. The van der Waals surface area contributed by atoms with E-state index in [9.17, 15) is 13.2 Å². The summed E-state index contributed by atoms with van der Waals surface area (Å²) >= 11 is 0. The van der Waals surface area contributed by atoms with Crippen molar-refractivity contribution < 1.29 is 17.9 Å². The first-order valence-corrected chi connectivity index (χ1v) is 15.2. The Labute approximate surface area is 236 Å². The van der Waals surface area contributed by atoms with E-state index in [1.807, 2.05) is 36.4 Å². The molecule has 0 aromatic heterocycles. The number of amidine groups is 1. The first-order chi connectivity index (χ1) is 19.2. The van der Waals surface area contributed by atoms with Gasteiger partial charge < -0.3 is 21.1 Å². The van der Waals surface area contributed by atoms with Gasteiger partial charge in [0.2, 0.25) is 5.91 Å². The molecule has 1 atom stereocenters. The molecule has 1 aliphatic rings. The lowest BCUT2D eigenvalue weighted by Crippen LogP contribution is -2.44. The fraction of sp³-hybridized carbons (Fsp3) is 0.355. The van der Waals surface area contributed by atoms with Gasteiger partial charge in [0.25, 0.3) is 0 Å². The minimum absolute atomic E-state index is 0.0744. The second-order valence-electron chi connectivity index (χ2n) is 10.4. The van der Waals surface area contributed by atoms with E-state index in [1.165, 1.54) is 0 Å². The van der Waals surface area contributed by atoms with Crippen molar-refractivity contribution in [3.05, 3.63) is 83.9 Å². The Hall–Kier alpha value is -3.69. The fourth-order valence-corrected chi connectivity index (χ4v) is 6.89. The molecule has 1 heterocycles. The van der Waals surface area contributed by atoms with Gasteiger partial charge in [-0.15, -0.1) is 0 Å². The minimum atomic E-state index is -3.81. The van der Waals surface area contributed by atoms with E-state index in [0.717, 1.165) is 41.7 Å². The minimum Gasteiger partial charge on any atom is -0.497 e. The van der Waals surface area contributed by atoms with Crippen molar-refractivity contribution in [2.75, 3.05) is 32.5 Å². The van der Waals surface area contributed by atoms with Gasteiger partial charge in [-0.05, 0) is 85.2 Å². The summed E-state index contributed by atoms with van der Waals surface area (Å²) in [7, 11) is -2.21. The molecule has 4 rings (SSSR count). The van der Waals surface area contributed by atoms with Gasteiger partial charge in [-0.1, -0.05) is 42.5 Å². The van der Waals surface area contributed by atoms with E-state index in [2.05, 4.69) is 0 Å². The summed E-state index contributed by atoms with van der Waals surface area (Å²) in [5.74, 6) is -0.115. The highest BCUT2D eigenvalue weighted by atomic mass is 32.2. The van der Waals surface area contributed by atoms with Gasteiger partial charge >= 0.3 is 0 Å². The number of benzene rings is 3. The highest BCUT2D eigenvalue weighted by molar-refractivity contribution is 7.91. The molecule has 40 heavy (non-hydrogen) atoms. The molecule has 0 saturated carbocycles. The molecular weight excluding hydrogens is 524 g/mol. The third kappa shape index (κ3) is 7.28. The highest BCUT2D eigenvalue weighted by Gasteiger charge is 2.32. The van der Waals surface area contributed by atoms with Crippen LogP contribution in [0.3, 0.4) is 0 Å². The number of nitrogens with zero attached hydrogens (tertiary/aromatic N) is 1. The standard InChI is InChI=1S/C31H38N4O4S/c1-39-28-10-8-24(9-11-28)25-5-3-7-29(20-25)40(37,38)21-27(19-23-4-2-6-26(18-23)30(33)34)31(36)35-16-13-22(12-15-32)14-17-35/h2-11,18,20,22,27H,12-17,19,21,32H2,1H3,(H3,33,34). The van der Waals surface area contributed by atoms with Crippen molar-refractivity contribution in [3.8, 4) is 16.9 Å². The van der Waals surface area contributed by atoms with Crippen molar-refractivity contribution in [1.82, 2.24) is 4.90 Å². The van der Waals surface area contributed by atoms with Crippen molar-refractivity contribution in [3.63, 3.8) is 0 Å². The molecule has 1 fully saturated rings. The SMILES string of the molecule is COc1ccc(-c2cccc(S(=O)(=O)CC(Cc3cccc(C(=N)N)c3)C(=O)N3CCC(CCN)CC3)c2)cc1. The Morgan fingerprint density at radius 2 is 1.73 bits per heavy atom. The van der Waals surface area contributed by atoms with Crippen molar-refractivity contribution in [2.45, 2.75) is 30.6 Å². The lowest BCUT2D eigenvalue weighted by Gasteiger charge is -2.34. The van der Waals surface area contributed by atoms with Crippen molar-refractivity contribution in [2.24, 2.45) is 23.3 Å². The molecule has 5 N–H and O–H groups in total. The maximum Gasteiger partial charge on any atom is 0.227 e. The van der Waals surface area contributed by atoms with Gasteiger partial charge in [0, 0.05) is 18.7 Å². The Morgan fingerprint density at radius 3 is 2.38 bits per heavy atom. The van der Waals surface area contributed by atoms with Gasteiger partial charge in [0.15, 0.2) is 9.84 Å². The number of nitrogen functional groups attached to an aromatic ring is 1. The number of methoxy groups -OCH3 is 1. The number of likely N-dealkylation sites (tertiary alicyclic amines) is 1. The number of piperidine rings is 1. The number of amides is 1. The lowest BCUT2D eigenvalue weighted by molar-refractivity contribution is -0.136. The van der Waals surface area contributed by atoms with Crippen LogP contribution in [0.1, 0.15) is 30.4 Å². The zero-order valence-electron chi connectivity index (χ0n) is 22.9. The number of ether oxygens (including phenoxy) is 1. The van der Waals surface area contributed by atoms with Crippen LogP contribution in [-0.2, 0) is 21.1 Å². The molecule has 1 amide bonds.